The van der Waals surface area contributed by atoms with Gasteiger partial charge in [0.1, 0.15) is 0 Å². The molecule has 0 aromatic carbocycles. The summed E-state index contributed by atoms with van der Waals surface area (Å²) in [5.41, 5.74) is 2.19. The van der Waals surface area contributed by atoms with Gasteiger partial charge in [-0.3, -0.25) is 4.98 Å². The van der Waals surface area contributed by atoms with Crippen LogP contribution in [-0.2, 0) is 0 Å². The van der Waals surface area contributed by atoms with Gasteiger partial charge < -0.3 is 5.32 Å². The molecule has 16 heavy (non-hydrogen) atoms. The van der Waals surface area contributed by atoms with Crippen LogP contribution in [-0.4, -0.2) is 11.5 Å². The number of nitrogens with one attached hydrogen (secondary N) is 1. The van der Waals surface area contributed by atoms with Gasteiger partial charge >= 0.3 is 0 Å². The Morgan fingerprint density at radius 2 is 2.31 bits per heavy atom. The van der Waals surface area contributed by atoms with Crippen molar-refractivity contribution in [1.29, 1.82) is 0 Å². The maximum absolute atomic E-state index is 5.27. The van der Waals surface area contributed by atoms with Gasteiger partial charge in [0.15, 0.2) is 0 Å². The van der Waals surface area contributed by atoms with Gasteiger partial charge in [-0.05, 0) is 38.4 Å². The summed E-state index contributed by atoms with van der Waals surface area (Å²) >= 11 is 0. The van der Waals surface area contributed by atoms with E-state index in [9.17, 15) is 0 Å². The van der Waals surface area contributed by atoms with Crippen molar-refractivity contribution in [3.63, 3.8) is 0 Å². The van der Waals surface area contributed by atoms with E-state index in [1.807, 2.05) is 13.0 Å². The first kappa shape index (κ1) is 12.7. The SMILES string of the molecule is C#CCCCC(NCC)c1cccc(C)n1. The van der Waals surface area contributed by atoms with E-state index in [0.29, 0.717) is 6.04 Å². The van der Waals surface area contributed by atoms with E-state index in [-0.39, 0.29) is 0 Å². The number of rotatable bonds is 6. The Hall–Kier alpha value is -1.33. The lowest BCUT2D eigenvalue weighted by Crippen LogP contribution is -2.22. The highest BCUT2D eigenvalue weighted by atomic mass is 14.9. The first-order chi connectivity index (χ1) is 7.77. The summed E-state index contributed by atoms with van der Waals surface area (Å²) < 4.78 is 0. The molecule has 86 valence electrons. The average molecular weight is 216 g/mol. The summed E-state index contributed by atoms with van der Waals surface area (Å²) in [6.45, 7) is 5.09. The number of pyridine rings is 1. The van der Waals surface area contributed by atoms with Gasteiger partial charge in [-0.1, -0.05) is 13.0 Å². The van der Waals surface area contributed by atoms with Crippen LogP contribution in [0, 0.1) is 19.3 Å². The van der Waals surface area contributed by atoms with Crippen LogP contribution >= 0.6 is 0 Å². The Kier molecular flexibility index (Phi) is 5.60. The zero-order chi connectivity index (χ0) is 11.8. The second-order valence-corrected chi connectivity index (χ2v) is 3.91. The Morgan fingerprint density at radius 3 is 2.94 bits per heavy atom. The van der Waals surface area contributed by atoms with E-state index in [4.69, 9.17) is 6.42 Å². The number of terminal acetylenes is 1. The minimum absolute atomic E-state index is 0.332. The van der Waals surface area contributed by atoms with Gasteiger partial charge in [-0.15, -0.1) is 12.3 Å². The van der Waals surface area contributed by atoms with Crippen LogP contribution < -0.4 is 5.32 Å². The Labute approximate surface area is 98.5 Å². The number of hydrogen-bond donors (Lipinski definition) is 1. The third kappa shape index (κ3) is 4.04. The van der Waals surface area contributed by atoms with Crippen molar-refractivity contribution in [3.8, 4) is 12.3 Å². The van der Waals surface area contributed by atoms with Crippen LogP contribution in [0.1, 0.15) is 43.6 Å². The van der Waals surface area contributed by atoms with Crippen LogP contribution in [0.25, 0.3) is 0 Å². The highest BCUT2D eigenvalue weighted by Gasteiger charge is 2.10. The number of nitrogens with zero attached hydrogens (tertiary/aromatic N) is 1. The predicted molar refractivity (Wildman–Crippen MR) is 68.1 cm³/mol. The molecule has 0 aliphatic rings. The number of hydrogen-bond acceptors (Lipinski definition) is 2. The van der Waals surface area contributed by atoms with Crippen molar-refractivity contribution < 1.29 is 0 Å². The van der Waals surface area contributed by atoms with Crippen molar-refractivity contribution in [2.75, 3.05) is 6.54 Å². The van der Waals surface area contributed by atoms with Crippen LogP contribution in [0.5, 0.6) is 0 Å². The predicted octanol–water partition coefficient (Wildman–Crippen LogP) is 2.84. The second kappa shape index (κ2) is 7.03. The molecule has 1 aromatic rings. The normalized spacial score (nSPS) is 12.1. The van der Waals surface area contributed by atoms with Gasteiger partial charge in [-0.25, -0.2) is 0 Å². The van der Waals surface area contributed by atoms with Gasteiger partial charge in [-0.2, -0.15) is 0 Å². The molecule has 1 heterocycles. The fourth-order valence-corrected chi connectivity index (χ4v) is 1.77. The van der Waals surface area contributed by atoms with E-state index in [1.54, 1.807) is 0 Å². The molecule has 0 aliphatic carbocycles. The zero-order valence-corrected chi connectivity index (χ0v) is 10.2. The lowest BCUT2D eigenvalue weighted by atomic mass is 10.1. The maximum Gasteiger partial charge on any atom is 0.0576 e. The fraction of sp³-hybridized carbons (Fsp3) is 0.500. The number of aryl methyl sites for hydroxylation is 1. The molecule has 2 heteroatoms. The van der Waals surface area contributed by atoms with E-state index in [2.05, 4.69) is 35.3 Å². The zero-order valence-electron chi connectivity index (χ0n) is 10.2. The van der Waals surface area contributed by atoms with Gasteiger partial charge in [0.25, 0.3) is 0 Å². The standard InChI is InChI=1S/C14H20N2/c1-4-6-7-10-13(15-5-2)14-11-8-9-12(3)16-14/h1,8-9,11,13,15H,5-7,10H2,2-3H3. The smallest absolute Gasteiger partial charge is 0.0576 e. The molecule has 0 amide bonds. The Balaban J connectivity index is 2.65. The number of unbranched alkanes of at least 4 members (excludes halogenated alkanes) is 1. The molecule has 1 atom stereocenters. The van der Waals surface area contributed by atoms with Crippen molar-refractivity contribution >= 4 is 0 Å². The molecule has 0 radical (unpaired) electrons. The summed E-state index contributed by atoms with van der Waals surface area (Å²) in [6.07, 6.45) is 8.20. The van der Waals surface area contributed by atoms with Crippen LogP contribution in [0.2, 0.25) is 0 Å². The topological polar surface area (TPSA) is 24.9 Å². The van der Waals surface area contributed by atoms with E-state index in [1.165, 1.54) is 0 Å². The summed E-state index contributed by atoms with van der Waals surface area (Å²) in [5.74, 6) is 2.68. The molecular weight excluding hydrogens is 196 g/mol. The monoisotopic (exact) mass is 216 g/mol. The second-order valence-electron chi connectivity index (χ2n) is 3.91. The largest absolute Gasteiger partial charge is 0.309 e. The molecule has 1 aromatic heterocycles. The summed E-state index contributed by atoms with van der Waals surface area (Å²) in [5, 5.41) is 3.45. The molecule has 0 saturated heterocycles. The Bertz CT molecular complexity index is 352. The lowest BCUT2D eigenvalue weighted by Gasteiger charge is -2.17. The molecule has 0 fully saturated rings. The fourth-order valence-electron chi connectivity index (χ4n) is 1.77. The minimum atomic E-state index is 0.332. The molecule has 0 bridgehead atoms. The third-order valence-corrected chi connectivity index (χ3v) is 2.53. The van der Waals surface area contributed by atoms with E-state index >= 15 is 0 Å². The molecule has 0 saturated carbocycles. The molecule has 0 aliphatic heterocycles. The lowest BCUT2D eigenvalue weighted by molar-refractivity contribution is 0.490. The van der Waals surface area contributed by atoms with Gasteiger partial charge in [0.2, 0.25) is 0 Å². The first-order valence-corrected chi connectivity index (χ1v) is 5.88. The van der Waals surface area contributed by atoms with Crippen molar-refractivity contribution in [2.24, 2.45) is 0 Å². The highest BCUT2D eigenvalue weighted by Crippen LogP contribution is 2.17. The van der Waals surface area contributed by atoms with Gasteiger partial charge in [0, 0.05) is 18.2 Å². The van der Waals surface area contributed by atoms with E-state index < -0.39 is 0 Å². The maximum atomic E-state index is 5.27. The molecule has 1 rings (SSSR count). The van der Waals surface area contributed by atoms with Crippen molar-refractivity contribution in [1.82, 2.24) is 10.3 Å². The highest BCUT2D eigenvalue weighted by molar-refractivity contribution is 5.13. The van der Waals surface area contributed by atoms with Crippen LogP contribution in [0.4, 0.5) is 0 Å². The van der Waals surface area contributed by atoms with Crippen molar-refractivity contribution in [2.45, 2.75) is 39.2 Å². The summed E-state index contributed by atoms with van der Waals surface area (Å²) in [7, 11) is 0. The van der Waals surface area contributed by atoms with E-state index in [0.717, 1.165) is 37.2 Å². The quantitative estimate of drug-likeness (QED) is 0.584. The van der Waals surface area contributed by atoms with Gasteiger partial charge in [0.05, 0.1) is 5.69 Å². The number of aromatic nitrogens is 1. The van der Waals surface area contributed by atoms with Crippen LogP contribution in [0.15, 0.2) is 18.2 Å². The van der Waals surface area contributed by atoms with Crippen LogP contribution in [0.3, 0.4) is 0 Å². The summed E-state index contributed by atoms with van der Waals surface area (Å²) in [4.78, 5) is 4.56. The molecule has 1 unspecified atom stereocenters. The summed E-state index contributed by atoms with van der Waals surface area (Å²) in [6, 6.07) is 6.49. The third-order valence-electron chi connectivity index (χ3n) is 2.53. The molecule has 2 nitrogen and oxygen atoms in total. The first-order valence-electron chi connectivity index (χ1n) is 5.88. The molecule has 1 N–H and O–H groups in total. The Morgan fingerprint density at radius 1 is 1.50 bits per heavy atom. The average Bonchev–Trinajstić information content (AvgIpc) is 2.28. The van der Waals surface area contributed by atoms with Crippen molar-refractivity contribution in [3.05, 3.63) is 29.6 Å². The molecular formula is C14H20N2. The molecule has 0 spiro atoms. The minimum Gasteiger partial charge on any atom is -0.309 e.